The molecule has 0 radical (unpaired) electrons. The topological polar surface area (TPSA) is 93.5 Å². The van der Waals surface area contributed by atoms with E-state index in [2.05, 4.69) is 0 Å². The van der Waals surface area contributed by atoms with Crippen molar-refractivity contribution >= 4 is 11.9 Å². The van der Waals surface area contributed by atoms with E-state index < -0.39 is 11.9 Å². The van der Waals surface area contributed by atoms with Crippen LogP contribution < -0.4 is 5.73 Å². The first kappa shape index (κ1) is 9.31. The van der Waals surface area contributed by atoms with Crippen molar-refractivity contribution in [1.82, 2.24) is 0 Å². The van der Waals surface area contributed by atoms with Gasteiger partial charge in [-0.05, 0) is 0 Å². The number of aromatic carboxylic acids is 1. The lowest BCUT2D eigenvalue weighted by molar-refractivity contribution is 0.0660. The summed E-state index contributed by atoms with van der Waals surface area (Å²) in [6, 6.07) is 1.14. The third-order valence-electron chi connectivity index (χ3n) is 1.61. The lowest BCUT2D eigenvalue weighted by Gasteiger charge is -1.91. The highest BCUT2D eigenvalue weighted by atomic mass is 16.4. The zero-order chi connectivity index (χ0) is 10.0. The molecule has 1 amide bonds. The van der Waals surface area contributed by atoms with Gasteiger partial charge in [-0.15, -0.1) is 0 Å². The molecule has 0 aliphatic rings. The van der Waals surface area contributed by atoms with Gasteiger partial charge in [0.15, 0.2) is 0 Å². The lowest BCUT2D eigenvalue weighted by Crippen LogP contribution is -2.11. The third-order valence-corrected chi connectivity index (χ3v) is 1.61. The Morgan fingerprint density at radius 1 is 1.62 bits per heavy atom. The van der Waals surface area contributed by atoms with E-state index in [0.29, 0.717) is 12.2 Å². The Morgan fingerprint density at radius 2 is 2.23 bits per heavy atom. The van der Waals surface area contributed by atoms with Crippen molar-refractivity contribution in [3.63, 3.8) is 0 Å². The summed E-state index contributed by atoms with van der Waals surface area (Å²) < 4.78 is 4.89. The first-order valence-corrected chi connectivity index (χ1v) is 3.72. The molecule has 1 heterocycles. The quantitative estimate of drug-likeness (QED) is 0.718. The van der Waals surface area contributed by atoms with Crippen molar-refractivity contribution in [3.05, 3.63) is 23.2 Å². The minimum Gasteiger partial charge on any atom is -0.475 e. The smallest absolute Gasteiger partial charge is 0.371 e. The molecule has 1 aromatic rings. The molecular weight excluding hydrogens is 174 g/mol. The van der Waals surface area contributed by atoms with Gasteiger partial charge in [0.1, 0.15) is 5.76 Å². The van der Waals surface area contributed by atoms with Crippen LogP contribution in [0.15, 0.2) is 10.5 Å². The second-order valence-electron chi connectivity index (χ2n) is 2.47. The molecule has 0 aromatic carbocycles. The molecule has 0 saturated heterocycles. The second-order valence-corrected chi connectivity index (χ2v) is 2.47. The Labute approximate surface area is 74.1 Å². The first-order chi connectivity index (χ1) is 6.06. The van der Waals surface area contributed by atoms with E-state index in [9.17, 15) is 9.59 Å². The molecule has 1 rings (SSSR count). The van der Waals surface area contributed by atoms with E-state index in [-0.39, 0.29) is 11.3 Å². The maximum atomic E-state index is 10.8. The van der Waals surface area contributed by atoms with E-state index in [1.54, 1.807) is 6.92 Å². The third kappa shape index (κ3) is 1.69. The van der Waals surface area contributed by atoms with Crippen LogP contribution in [0.4, 0.5) is 0 Å². The van der Waals surface area contributed by atoms with Gasteiger partial charge in [0.25, 0.3) is 5.91 Å². The number of hydrogen-bond donors (Lipinski definition) is 2. The van der Waals surface area contributed by atoms with Gasteiger partial charge < -0.3 is 15.3 Å². The number of aryl methyl sites for hydroxylation is 1. The molecule has 0 saturated carbocycles. The monoisotopic (exact) mass is 183 g/mol. The molecule has 0 atom stereocenters. The van der Waals surface area contributed by atoms with Crippen LogP contribution in [0.25, 0.3) is 0 Å². The zero-order valence-electron chi connectivity index (χ0n) is 7.03. The number of nitrogens with two attached hydrogens (primary N) is 1. The average molecular weight is 183 g/mol. The molecule has 0 aliphatic carbocycles. The first-order valence-electron chi connectivity index (χ1n) is 3.72. The maximum absolute atomic E-state index is 10.8. The highest BCUT2D eigenvalue weighted by Crippen LogP contribution is 2.15. The highest BCUT2D eigenvalue weighted by Gasteiger charge is 2.17. The molecule has 13 heavy (non-hydrogen) atoms. The summed E-state index contributed by atoms with van der Waals surface area (Å²) >= 11 is 0. The molecule has 0 fully saturated rings. The standard InChI is InChI=1S/C8H9NO4/c1-2-5-4(7(9)10)3-6(13-5)8(11)12/h3H,2H2,1H3,(H2,9,10)(H,11,12). The molecular formula is C8H9NO4. The zero-order valence-corrected chi connectivity index (χ0v) is 7.03. The van der Waals surface area contributed by atoms with Gasteiger partial charge in [0.05, 0.1) is 5.56 Å². The summed E-state index contributed by atoms with van der Waals surface area (Å²) in [5, 5.41) is 8.55. The van der Waals surface area contributed by atoms with E-state index in [1.165, 1.54) is 0 Å². The molecule has 5 heteroatoms. The van der Waals surface area contributed by atoms with Crippen molar-refractivity contribution in [2.45, 2.75) is 13.3 Å². The van der Waals surface area contributed by atoms with Gasteiger partial charge in [-0.2, -0.15) is 0 Å². The number of primary amides is 1. The molecule has 1 aromatic heterocycles. The van der Waals surface area contributed by atoms with E-state index in [0.717, 1.165) is 6.07 Å². The molecule has 5 nitrogen and oxygen atoms in total. The van der Waals surface area contributed by atoms with Crippen molar-refractivity contribution in [2.24, 2.45) is 5.73 Å². The summed E-state index contributed by atoms with van der Waals surface area (Å²) in [6.45, 7) is 1.75. The summed E-state index contributed by atoms with van der Waals surface area (Å²) in [7, 11) is 0. The molecule has 0 aliphatic heterocycles. The van der Waals surface area contributed by atoms with E-state index >= 15 is 0 Å². The highest BCUT2D eigenvalue weighted by molar-refractivity contribution is 5.96. The van der Waals surface area contributed by atoms with Crippen molar-refractivity contribution in [3.8, 4) is 0 Å². The Morgan fingerprint density at radius 3 is 2.54 bits per heavy atom. The van der Waals surface area contributed by atoms with Gasteiger partial charge >= 0.3 is 5.97 Å². The SMILES string of the molecule is CCc1oc(C(=O)O)cc1C(N)=O. The molecule has 70 valence electrons. The van der Waals surface area contributed by atoms with E-state index in [1.807, 2.05) is 0 Å². The summed E-state index contributed by atoms with van der Waals surface area (Å²) in [5.41, 5.74) is 5.15. The normalized spacial score (nSPS) is 9.92. The van der Waals surface area contributed by atoms with Crippen molar-refractivity contribution in [1.29, 1.82) is 0 Å². The Hall–Kier alpha value is -1.78. The van der Waals surface area contributed by atoms with Crippen LogP contribution in [0.2, 0.25) is 0 Å². The molecule has 3 N–H and O–H groups in total. The summed E-state index contributed by atoms with van der Waals surface area (Å²) in [4.78, 5) is 21.2. The van der Waals surface area contributed by atoms with Gasteiger partial charge in [-0.25, -0.2) is 4.79 Å². The summed E-state index contributed by atoms with van der Waals surface area (Å²) in [5.74, 6) is -1.83. The second kappa shape index (κ2) is 3.30. The van der Waals surface area contributed by atoms with Crippen LogP contribution in [-0.4, -0.2) is 17.0 Å². The Balaban J connectivity index is 3.19. The Kier molecular flexibility index (Phi) is 2.36. The van der Waals surface area contributed by atoms with Gasteiger partial charge in [0.2, 0.25) is 5.76 Å². The van der Waals surface area contributed by atoms with Crippen molar-refractivity contribution in [2.75, 3.05) is 0 Å². The van der Waals surface area contributed by atoms with Crippen LogP contribution in [0.3, 0.4) is 0 Å². The number of hydrogen-bond acceptors (Lipinski definition) is 3. The van der Waals surface area contributed by atoms with Crippen LogP contribution in [0.5, 0.6) is 0 Å². The molecule has 0 bridgehead atoms. The predicted octanol–water partition coefficient (Wildman–Crippen LogP) is 0.639. The minimum absolute atomic E-state index is 0.139. The van der Waals surface area contributed by atoms with Gasteiger partial charge in [-0.3, -0.25) is 4.79 Å². The predicted molar refractivity (Wildman–Crippen MR) is 43.6 cm³/mol. The maximum Gasteiger partial charge on any atom is 0.371 e. The van der Waals surface area contributed by atoms with Crippen LogP contribution >= 0.6 is 0 Å². The van der Waals surface area contributed by atoms with Crippen LogP contribution in [0.1, 0.15) is 33.6 Å². The Bertz CT molecular complexity index is 353. The van der Waals surface area contributed by atoms with Gasteiger partial charge in [-0.1, -0.05) is 6.92 Å². The fourth-order valence-electron chi connectivity index (χ4n) is 1.01. The van der Waals surface area contributed by atoms with E-state index in [4.69, 9.17) is 15.3 Å². The number of carbonyl (C=O) groups excluding carboxylic acids is 1. The van der Waals surface area contributed by atoms with Crippen LogP contribution in [0, 0.1) is 0 Å². The average Bonchev–Trinajstić information content (AvgIpc) is 2.47. The van der Waals surface area contributed by atoms with Gasteiger partial charge in [0, 0.05) is 12.5 Å². The van der Waals surface area contributed by atoms with Crippen LogP contribution in [-0.2, 0) is 6.42 Å². The number of rotatable bonds is 3. The fourth-order valence-corrected chi connectivity index (χ4v) is 1.01. The summed E-state index contributed by atoms with van der Waals surface area (Å²) in [6.07, 6.45) is 0.436. The number of furan rings is 1. The molecule has 0 spiro atoms. The fraction of sp³-hybridized carbons (Fsp3) is 0.250. The number of carboxylic acids is 1. The number of carboxylic acid groups (broad SMARTS) is 1. The minimum atomic E-state index is -1.21. The molecule has 0 unspecified atom stereocenters. The largest absolute Gasteiger partial charge is 0.475 e. The number of carbonyl (C=O) groups is 2. The number of amides is 1. The van der Waals surface area contributed by atoms with Crippen molar-refractivity contribution < 1.29 is 19.1 Å². The lowest BCUT2D eigenvalue weighted by atomic mass is 10.2.